The van der Waals surface area contributed by atoms with E-state index >= 15 is 0 Å². The Hall–Kier alpha value is -2.29. The minimum absolute atomic E-state index is 0.0126. The molecule has 32 heavy (non-hydrogen) atoms. The van der Waals surface area contributed by atoms with Crippen LogP contribution in [0.4, 0.5) is 5.69 Å². The average Bonchev–Trinajstić information content (AvgIpc) is 3.04. The van der Waals surface area contributed by atoms with Crippen LogP contribution in [-0.2, 0) is 15.4 Å². The van der Waals surface area contributed by atoms with Gasteiger partial charge in [-0.25, -0.2) is 8.42 Å². The number of amides is 1. The lowest BCUT2D eigenvalue weighted by Crippen LogP contribution is -2.34. The zero-order chi connectivity index (χ0) is 23.4. The first-order valence-corrected chi connectivity index (χ1v) is 12.8. The zero-order valence-corrected chi connectivity index (χ0v) is 20.5. The number of benzene rings is 2. The first-order chi connectivity index (χ1) is 15.1. The molecule has 0 unspecified atom stereocenters. The smallest absolute Gasteiger partial charge is 0.257 e. The highest BCUT2D eigenvalue weighted by Crippen LogP contribution is 2.23. The van der Waals surface area contributed by atoms with Crippen LogP contribution in [0.3, 0.4) is 0 Å². The van der Waals surface area contributed by atoms with Crippen LogP contribution in [0.5, 0.6) is 0 Å². The Kier molecular flexibility index (Phi) is 7.69. The predicted octanol–water partition coefficient (Wildman–Crippen LogP) is 4.68. The lowest BCUT2D eigenvalue weighted by molar-refractivity contribution is 0.0977. The molecule has 172 valence electrons. The highest BCUT2D eigenvalue weighted by Gasteiger charge is 2.25. The van der Waals surface area contributed by atoms with E-state index in [1.165, 1.54) is 0 Å². The number of thiocarbonyl (C=S) groups is 1. The molecular formula is C24H31N3O3S2. The van der Waals surface area contributed by atoms with Gasteiger partial charge in [0.15, 0.2) is 5.11 Å². The largest absolute Gasteiger partial charge is 0.332 e. The molecule has 1 aliphatic rings. The van der Waals surface area contributed by atoms with E-state index in [9.17, 15) is 13.2 Å². The van der Waals surface area contributed by atoms with Crippen LogP contribution in [-0.4, -0.2) is 36.8 Å². The van der Waals surface area contributed by atoms with Crippen molar-refractivity contribution in [2.45, 2.75) is 56.8 Å². The van der Waals surface area contributed by atoms with E-state index in [4.69, 9.17) is 12.2 Å². The fraction of sp³-hybridized carbons (Fsp3) is 0.417. The van der Waals surface area contributed by atoms with Gasteiger partial charge in [0, 0.05) is 24.3 Å². The van der Waals surface area contributed by atoms with Crippen LogP contribution < -0.4 is 10.6 Å². The summed E-state index contributed by atoms with van der Waals surface area (Å²) in [6, 6.07) is 13.9. The Morgan fingerprint density at radius 1 is 0.906 bits per heavy atom. The highest BCUT2D eigenvalue weighted by molar-refractivity contribution is 7.89. The van der Waals surface area contributed by atoms with E-state index in [0.717, 1.165) is 31.2 Å². The summed E-state index contributed by atoms with van der Waals surface area (Å²) in [5.74, 6) is -0.302. The molecule has 0 spiro atoms. The number of nitrogens with zero attached hydrogens (tertiary/aromatic N) is 1. The lowest BCUT2D eigenvalue weighted by Gasteiger charge is -2.20. The normalized spacial score (nSPS) is 15.6. The number of rotatable bonds is 4. The van der Waals surface area contributed by atoms with Gasteiger partial charge >= 0.3 is 0 Å². The first-order valence-electron chi connectivity index (χ1n) is 10.9. The van der Waals surface area contributed by atoms with Gasteiger partial charge in [0.2, 0.25) is 10.0 Å². The van der Waals surface area contributed by atoms with Gasteiger partial charge in [-0.15, -0.1) is 0 Å². The third kappa shape index (κ3) is 6.15. The second-order valence-corrected chi connectivity index (χ2v) is 11.4. The third-order valence-corrected chi connectivity index (χ3v) is 7.67. The van der Waals surface area contributed by atoms with E-state index in [-0.39, 0.29) is 21.3 Å². The maximum Gasteiger partial charge on any atom is 0.257 e. The van der Waals surface area contributed by atoms with Crippen molar-refractivity contribution >= 4 is 38.9 Å². The summed E-state index contributed by atoms with van der Waals surface area (Å²) in [6.07, 6.45) is 3.93. The van der Waals surface area contributed by atoms with Gasteiger partial charge in [-0.1, -0.05) is 45.7 Å². The van der Waals surface area contributed by atoms with Crippen molar-refractivity contribution in [1.29, 1.82) is 0 Å². The minimum Gasteiger partial charge on any atom is -0.332 e. The molecule has 1 aliphatic heterocycles. The molecule has 1 heterocycles. The molecule has 1 saturated heterocycles. The number of hydrogen-bond acceptors (Lipinski definition) is 4. The van der Waals surface area contributed by atoms with Gasteiger partial charge in [0.05, 0.1) is 4.90 Å². The van der Waals surface area contributed by atoms with Gasteiger partial charge in [-0.2, -0.15) is 4.31 Å². The number of anilines is 1. The summed E-state index contributed by atoms with van der Waals surface area (Å²) in [6.45, 7) is 7.48. The Bertz CT molecular complexity index is 1050. The summed E-state index contributed by atoms with van der Waals surface area (Å²) in [7, 11) is -3.50. The van der Waals surface area contributed by atoms with Crippen molar-refractivity contribution in [2.75, 3.05) is 18.4 Å². The number of carbonyl (C=O) groups excluding carboxylic acids is 1. The summed E-state index contributed by atoms with van der Waals surface area (Å²) < 4.78 is 27.3. The van der Waals surface area contributed by atoms with Crippen LogP contribution in [0.1, 0.15) is 62.4 Å². The molecule has 0 atom stereocenters. The number of nitrogens with one attached hydrogen (secondary N) is 2. The summed E-state index contributed by atoms with van der Waals surface area (Å²) in [5.41, 5.74) is 2.28. The van der Waals surface area contributed by atoms with Crippen LogP contribution in [0.25, 0.3) is 0 Å². The fourth-order valence-corrected chi connectivity index (χ4v) is 5.33. The topological polar surface area (TPSA) is 78.5 Å². The van der Waals surface area contributed by atoms with E-state index in [1.807, 2.05) is 12.1 Å². The zero-order valence-electron chi connectivity index (χ0n) is 18.8. The lowest BCUT2D eigenvalue weighted by atomic mass is 9.87. The van der Waals surface area contributed by atoms with Gasteiger partial charge in [0.25, 0.3) is 5.91 Å². The Morgan fingerprint density at radius 2 is 1.47 bits per heavy atom. The Balaban J connectivity index is 1.60. The van der Waals surface area contributed by atoms with Crippen LogP contribution >= 0.6 is 12.2 Å². The van der Waals surface area contributed by atoms with Crippen molar-refractivity contribution < 1.29 is 13.2 Å². The van der Waals surface area contributed by atoms with Crippen molar-refractivity contribution in [1.82, 2.24) is 9.62 Å². The molecule has 8 heteroatoms. The SMILES string of the molecule is CC(C)(C)c1ccc(C(=O)NC(=S)Nc2ccc(S(=O)(=O)N3CCCCCC3)cc2)cc1. The van der Waals surface area contributed by atoms with Crippen LogP contribution in [0, 0.1) is 0 Å². The van der Waals surface area contributed by atoms with Crippen molar-refractivity contribution in [2.24, 2.45) is 0 Å². The maximum atomic E-state index is 12.9. The number of carbonyl (C=O) groups is 1. The van der Waals surface area contributed by atoms with E-state index in [1.54, 1.807) is 40.7 Å². The van der Waals surface area contributed by atoms with Gasteiger partial charge in [0.1, 0.15) is 0 Å². The van der Waals surface area contributed by atoms with Gasteiger partial charge in [-0.05, 0) is 72.4 Å². The molecule has 1 amide bonds. The first kappa shape index (κ1) is 24.4. The second kappa shape index (κ2) is 10.1. The molecule has 0 bridgehead atoms. The Morgan fingerprint density at radius 3 is 2.00 bits per heavy atom. The molecule has 0 radical (unpaired) electrons. The predicted molar refractivity (Wildman–Crippen MR) is 132 cm³/mol. The minimum atomic E-state index is -3.50. The molecule has 0 saturated carbocycles. The number of hydrogen-bond donors (Lipinski definition) is 2. The van der Waals surface area contributed by atoms with Crippen LogP contribution in [0.15, 0.2) is 53.4 Å². The Labute approximate surface area is 196 Å². The highest BCUT2D eigenvalue weighted by atomic mass is 32.2. The fourth-order valence-electron chi connectivity index (χ4n) is 3.60. The molecule has 2 aromatic rings. The molecule has 3 rings (SSSR count). The molecule has 0 aromatic heterocycles. The molecule has 0 aliphatic carbocycles. The summed E-state index contributed by atoms with van der Waals surface area (Å²) in [5, 5.41) is 5.75. The number of sulfonamides is 1. The van der Waals surface area contributed by atoms with Crippen LogP contribution in [0.2, 0.25) is 0 Å². The maximum absolute atomic E-state index is 12.9. The second-order valence-electron chi connectivity index (χ2n) is 9.08. The van der Waals surface area contributed by atoms with E-state index < -0.39 is 10.0 Å². The van der Waals surface area contributed by atoms with Crippen molar-refractivity contribution in [3.05, 3.63) is 59.7 Å². The molecule has 2 N–H and O–H groups in total. The molecular weight excluding hydrogens is 442 g/mol. The van der Waals surface area contributed by atoms with Gasteiger partial charge < -0.3 is 5.32 Å². The quantitative estimate of drug-likeness (QED) is 0.631. The van der Waals surface area contributed by atoms with Gasteiger partial charge in [-0.3, -0.25) is 10.1 Å². The van der Waals surface area contributed by atoms with Crippen molar-refractivity contribution in [3.63, 3.8) is 0 Å². The van der Waals surface area contributed by atoms with E-state index in [0.29, 0.717) is 24.3 Å². The summed E-state index contributed by atoms with van der Waals surface area (Å²) in [4.78, 5) is 12.7. The summed E-state index contributed by atoms with van der Waals surface area (Å²) >= 11 is 5.25. The monoisotopic (exact) mass is 473 g/mol. The molecule has 6 nitrogen and oxygen atoms in total. The van der Waals surface area contributed by atoms with E-state index in [2.05, 4.69) is 31.4 Å². The third-order valence-electron chi connectivity index (χ3n) is 5.56. The molecule has 2 aromatic carbocycles. The standard InChI is InChI=1S/C24H31N3O3S2/c1-24(2,3)19-10-8-18(9-11-19)22(28)26-23(31)25-20-12-14-21(15-13-20)32(29,30)27-16-6-4-5-7-17-27/h8-15H,4-7,16-17H2,1-3H3,(H2,25,26,28,31). The average molecular weight is 474 g/mol. The van der Waals surface area contributed by atoms with Crippen molar-refractivity contribution in [3.8, 4) is 0 Å². The molecule has 1 fully saturated rings.